The number of aromatic nitrogens is 3. The first kappa shape index (κ1) is 38.2. The minimum Gasteiger partial charge on any atom is -0.790 e. The van der Waals surface area contributed by atoms with E-state index in [1.807, 2.05) is 0 Å². The van der Waals surface area contributed by atoms with Crippen molar-refractivity contribution in [1.82, 2.24) is 14.5 Å². The minimum atomic E-state index is -6.13. The number of anilines is 1. The summed E-state index contributed by atoms with van der Waals surface area (Å²) in [5, 5.41) is 20.8. The van der Waals surface area contributed by atoms with Crippen LogP contribution in [0, 0.1) is 0 Å². The summed E-state index contributed by atoms with van der Waals surface area (Å²) in [6.07, 6.45) is -3.55. The van der Waals surface area contributed by atoms with Crippen LogP contribution in [0.3, 0.4) is 0 Å². The molecule has 0 amide bonds. The van der Waals surface area contributed by atoms with Gasteiger partial charge in [-0.3, -0.25) is 13.4 Å². The van der Waals surface area contributed by atoms with Crippen LogP contribution in [-0.4, -0.2) is 49.7 Å². The largest absolute Gasteiger partial charge is 1.00 e. The molecule has 2 unspecified atom stereocenters. The van der Waals surface area contributed by atoms with E-state index in [4.69, 9.17) is 10.5 Å². The van der Waals surface area contributed by atoms with Gasteiger partial charge in [0.05, 0.1) is 19.8 Å². The van der Waals surface area contributed by atoms with Crippen LogP contribution in [0.2, 0.25) is 0 Å². The third-order valence-electron chi connectivity index (χ3n) is 3.95. The number of hydrogen-bond acceptors (Lipinski definition) is 16. The van der Waals surface area contributed by atoms with Crippen molar-refractivity contribution in [2.75, 3.05) is 12.3 Å². The molecule has 6 atom stereocenters. The summed E-state index contributed by atoms with van der Waals surface area (Å²) in [6, 6.07) is 1.51. The van der Waals surface area contributed by atoms with Crippen LogP contribution >= 0.6 is 23.5 Å². The number of aliphatic hydroxyl groups excluding tert-OH is 2. The van der Waals surface area contributed by atoms with E-state index in [9.17, 15) is 43.5 Å². The standard InChI is InChI=1S/C11H17N4O13P3.4Li/c12-9-5-1-2-15(10(5)14-4-13-9)11-8(17)7(16)6(26-11)3-25-30(21,22)28-31(23,24)27-29(18,19)20;;;;/h1-2,4,6-8,11,16-17H,3H2,(H,21,22)(H,23,24)(H2,12,13,14)(H2,18,19,20);;;;/q;4*+1/p-4/t6-,7-,8-,11-;;;;/m1..../s1. The van der Waals surface area contributed by atoms with Gasteiger partial charge in [0.15, 0.2) is 6.23 Å². The zero-order valence-electron chi connectivity index (χ0n) is 18.9. The van der Waals surface area contributed by atoms with Gasteiger partial charge in [-0.05, 0) is 6.07 Å². The third kappa shape index (κ3) is 9.97. The van der Waals surface area contributed by atoms with Crippen LogP contribution in [-0.2, 0) is 31.6 Å². The molecule has 1 saturated heterocycles. The Morgan fingerprint density at radius 2 is 1.60 bits per heavy atom. The first-order valence-electron chi connectivity index (χ1n) is 7.99. The number of nitrogens with zero attached hydrogens (tertiary/aromatic N) is 3. The second-order valence-electron chi connectivity index (χ2n) is 6.07. The maximum Gasteiger partial charge on any atom is 1.00 e. The van der Waals surface area contributed by atoms with E-state index in [1.165, 1.54) is 16.8 Å². The fourth-order valence-corrected chi connectivity index (χ4v) is 5.61. The smallest absolute Gasteiger partial charge is 0.790 e. The third-order valence-corrected chi connectivity index (χ3v) is 7.61. The van der Waals surface area contributed by atoms with E-state index in [2.05, 4.69) is 23.1 Å². The fourth-order valence-electron chi connectivity index (χ4n) is 2.74. The zero-order valence-corrected chi connectivity index (χ0v) is 21.6. The molecule has 174 valence electrons. The Hall–Kier alpha value is 1.10. The van der Waals surface area contributed by atoms with Crippen LogP contribution in [0.1, 0.15) is 6.23 Å². The molecule has 1 fully saturated rings. The minimum absolute atomic E-state index is 0. The van der Waals surface area contributed by atoms with Crippen molar-refractivity contribution in [1.29, 1.82) is 0 Å². The Balaban J connectivity index is 0. The number of phosphoric acid groups is 3. The number of nitrogen functional groups attached to an aromatic ring is 1. The molecular formula is C11H13Li4N4O13P3. The molecule has 0 spiro atoms. The average Bonchev–Trinajstić information content (AvgIpc) is 3.13. The van der Waals surface area contributed by atoms with Crippen LogP contribution in [0.25, 0.3) is 11.0 Å². The number of phosphoric ester groups is 1. The molecule has 2 aromatic heterocycles. The quantitative estimate of drug-likeness (QED) is 0.211. The van der Waals surface area contributed by atoms with Crippen LogP contribution < -0.4 is 101 Å². The molecule has 35 heavy (non-hydrogen) atoms. The average molecular weight is 530 g/mol. The summed E-state index contributed by atoms with van der Waals surface area (Å²) < 4.78 is 50.4. The van der Waals surface area contributed by atoms with E-state index in [-0.39, 0.29) is 86.9 Å². The first-order valence-corrected chi connectivity index (χ1v) is 12.4. The Bertz CT molecular complexity index is 1120. The Morgan fingerprint density at radius 3 is 2.17 bits per heavy atom. The molecule has 0 bridgehead atoms. The Morgan fingerprint density at radius 1 is 1.00 bits per heavy atom. The summed E-state index contributed by atoms with van der Waals surface area (Å²) in [6.45, 7) is -1.06. The van der Waals surface area contributed by atoms with Gasteiger partial charge in [-0.1, -0.05) is 0 Å². The Labute approximate surface area is 245 Å². The molecule has 1 aliphatic rings. The topological polar surface area (TPSA) is 278 Å². The normalized spacial score (nSPS) is 25.2. The molecule has 24 heteroatoms. The van der Waals surface area contributed by atoms with Gasteiger partial charge in [0, 0.05) is 6.20 Å². The van der Waals surface area contributed by atoms with E-state index < -0.39 is 54.6 Å². The second kappa shape index (κ2) is 14.5. The molecule has 2 aromatic rings. The van der Waals surface area contributed by atoms with Gasteiger partial charge < -0.3 is 53.9 Å². The number of ether oxygens (including phenoxy) is 1. The number of hydrogen-bond donors (Lipinski definition) is 3. The van der Waals surface area contributed by atoms with Crippen molar-refractivity contribution >= 4 is 40.3 Å². The predicted octanol–water partition coefficient (Wildman–Crippen LogP) is -15.5. The van der Waals surface area contributed by atoms with Gasteiger partial charge >= 0.3 is 75.4 Å². The fraction of sp³-hybridized carbons (Fsp3) is 0.455. The molecule has 0 saturated carbocycles. The van der Waals surface area contributed by atoms with Crippen LogP contribution in [0.4, 0.5) is 5.82 Å². The summed E-state index contributed by atoms with van der Waals surface area (Å²) in [7, 11) is -18.0. The van der Waals surface area contributed by atoms with Crippen LogP contribution in [0.15, 0.2) is 18.6 Å². The maximum atomic E-state index is 11.6. The summed E-state index contributed by atoms with van der Waals surface area (Å²) in [4.78, 5) is 51.1. The molecular weight excluding hydrogens is 517 g/mol. The summed E-state index contributed by atoms with van der Waals surface area (Å²) in [5.41, 5.74) is 5.94. The van der Waals surface area contributed by atoms with Crippen molar-refractivity contribution in [2.45, 2.75) is 24.5 Å². The molecule has 0 radical (unpaired) electrons. The number of nitrogens with two attached hydrogens (primary N) is 1. The SMILES string of the molecule is Nc1ncnc2c1ccn2[C@@H]1O[C@H](COP(=O)([O-])OP(=O)([O-])OP(=O)([O-])[O-])[C@@H](O)[C@H]1O.[Li+].[Li+].[Li+].[Li+]. The van der Waals surface area contributed by atoms with Crippen molar-refractivity contribution in [3.63, 3.8) is 0 Å². The van der Waals surface area contributed by atoms with Gasteiger partial charge in [0.25, 0.3) is 15.6 Å². The molecule has 3 heterocycles. The van der Waals surface area contributed by atoms with Crippen LogP contribution in [0.5, 0.6) is 0 Å². The van der Waals surface area contributed by atoms with Crippen molar-refractivity contribution in [3.8, 4) is 0 Å². The molecule has 3 rings (SSSR count). The van der Waals surface area contributed by atoms with E-state index >= 15 is 0 Å². The van der Waals surface area contributed by atoms with Gasteiger partial charge in [0.1, 0.15) is 36.1 Å². The summed E-state index contributed by atoms with van der Waals surface area (Å²) >= 11 is 0. The van der Waals surface area contributed by atoms with E-state index in [1.54, 1.807) is 0 Å². The maximum absolute atomic E-state index is 11.6. The number of rotatable bonds is 8. The zero-order chi connectivity index (χ0) is 23.2. The van der Waals surface area contributed by atoms with E-state index in [0.717, 1.165) is 6.33 Å². The van der Waals surface area contributed by atoms with Crippen molar-refractivity contribution in [2.24, 2.45) is 0 Å². The van der Waals surface area contributed by atoms with Crippen molar-refractivity contribution in [3.05, 3.63) is 18.6 Å². The molecule has 0 aromatic carbocycles. The first-order chi connectivity index (χ1) is 14.2. The van der Waals surface area contributed by atoms with Gasteiger partial charge in [-0.2, -0.15) is 0 Å². The van der Waals surface area contributed by atoms with E-state index in [0.29, 0.717) is 5.39 Å². The molecule has 4 N–H and O–H groups in total. The second-order valence-corrected chi connectivity index (χ2v) is 10.3. The predicted molar refractivity (Wildman–Crippen MR) is 88.8 cm³/mol. The van der Waals surface area contributed by atoms with Crippen molar-refractivity contribution < 1.29 is 137 Å². The molecule has 0 aliphatic carbocycles. The Kier molecular flexibility index (Phi) is 15.8. The molecule has 1 aliphatic heterocycles. The number of aliphatic hydroxyl groups is 2. The number of fused-ring (bicyclic) bond motifs is 1. The van der Waals surface area contributed by atoms with Gasteiger partial charge in [-0.15, -0.1) is 0 Å². The van der Waals surface area contributed by atoms with Gasteiger partial charge in [-0.25, -0.2) is 14.3 Å². The summed E-state index contributed by atoms with van der Waals surface area (Å²) in [5.74, 6) is 0.131. The van der Waals surface area contributed by atoms with Gasteiger partial charge in [0.2, 0.25) is 0 Å². The monoisotopic (exact) mass is 530 g/mol. The molecule has 17 nitrogen and oxygen atoms in total.